The van der Waals surface area contributed by atoms with E-state index in [0.717, 1.165) is 16.3 Å². The molecule has 1 aliphatic rings. The minimum absolute atomic E-state index is 0.276. The third-order valence-corrected chi connectivity index (χ3v) is 5.00. The molecule has 6 heteroatoms. The van der Waals surface area contributed by atoms with Gasteiger partial charge in [0.05, 0.1) is 11.7 Å². The molecule has 0 saturated carbocycles. The van der Waals surface area contributed by atoms with Crippen LogP contribution in [-0.4, -0.2) is 29.4 Å². The Hall–Kier alpha value is -2.47. The molecule has 1 unspecified atom stereocenters. The van der Waals surface area contributed by atoms with Gasteiger partial charge in [-0.3, -0.25) is 4.79 Å². The minimum atomic E-state index is -0.697. The first-order valence-electron chi connectivity index (χ1n) is 8.04. The molecule has 1 heterocycles. The second kappa shape index (κ2) is 7.61. The zero-order valence-electron chi connectivity index (χ0n) is 14.1. The molecule has 5 nitrogen and oxygen atoms in total. The van der Waals surface area contributed by atoms with E-state index in [9.17, 15) is 9.59 Å². The van der Waals surface area contributed by atoms with Crippen molar-refractivity contribution in [1.82, 2.24) is 0 Å². The quantitative estimate of drug-likeness (QED) is 0.770. The third kappa shape index (κ3) is 3.79. The van der Waals surface area contributed by atoms with E-state index in [0.29, 0.717) is 16.5 Å². The van der Waals surface area contributed by atoms with Gasteiger partial charge in [-0.1, -0.05) is 42.5 Å². The summed E-state index contributed by atoms with van der Waals surface area (Å²) in [6.45, 7) is 3.68. The fourth-order valence-corrected chi connectivity index (χ4v) is 3.89. The molecule has 25 heavy (non-hydrogen) atoms. The summed E-state index contributed by atoms with van der Waals surface area (Å²) >= 11 is 1.38. The number of hydrogen-bond acceptors (Lipinski definition) is 4. The first kappa shape index (κ1) is 17.4. The van der Waals surface area contributed by atoms with Crippen LogP contribution in [0.3, 0.4) is 0 Å². The molecule has 0 bridgehead atoms. The number of aliphatic imine (C=N–C) groups is 2. The summed E-state index contributed by atoms with van der Waals surface area (Å²) in [6.07, 6.45) is 0. The maximum atomic E-state index is 12.2. The fraction of sp³-hybridized carbons (Fsp3) is 0.263. The topological polar surface area (TPSA) is 68.1 Å². The molecule has 0 aliphatic carbocycles. The van der Waals surface area contributed by atoms with Gasteiger partial charge in [-0.05, 0) is 30.2 Å². The highest BCUT2D eigenvalue weighted by molar-refractivity contribution is 8.13. The van der Waals surface area contributed by atoms with Crippen LogP contribution in [0.5, 0.6) is 0 Å². The maximum absolute atomic E-state index is 12.2. The van der Waals surface area contributed by atoms with Crippen molar-refractivity contribution in [2.24, 2.45) is 15.9 Å². The fourth-order valence-electron chi connectivity index (χ4n) is 2.76. The van der Waals surface area contributed by atoms with Crippen molar-refractivity contribution in [3.8, 4) is 0 Å². The Bertz CT molecular complexity index is 884. The number of thioether (sulfide) groups is 1. The summed E-state index contributed by atoms with van der Waals surface area (Å²) in [5, 5.41) is 2.75. The van der Waals surface area contributed by atoms with E-state index in [1.807, 2.05) is 24.3 Å². The van der Waals surface area contributed by atoms with Crippen molar-refractivity contribution in [1.29, 1.82) is 0 Å². The van der Waals surface area contributed by atoms with Gasteiger partial charge in [0.1, 0.15) is 5.92 Å². The minimum Gasteiger partial charge on any atom is -0.465 e. The Morgan fingerprint density at radius 3 is 2.72 bits per heavy atom. The van der Waals surface area contributed by atoms with Gasteiger partial charge in [0.15, 0.2) is 0 Å². The number of carbonyl (C=O) groups is 2. The van der Waals surface area contributed by atoms with E-state index >= 15 is 0 Å². The van der Waals surface area contributed by atoms with Gasteiger partial charge < -0.3 is 4.74 Å². The van der Waals surface area contributed by atoms with Crippen LogP contribution in [0.25, 0.3) is 10.8 Å². The Balaban J connectivity index is 1.84. The Labute approximate surface area is 150 Å². The molecular weight excluding hydrogens is 336 g/mol. The molecular formula is C19H18N2O3S. The maximum Gasteiger partial charge on any atom is 0.367 e. The second-order valence-corrected chi connectivity index (χ2v) is 6.59. The molecule has 1 aliphatic heterocycles. The number of nitrogens with zero attached hydrogens (tertiary/aromatic N) is 2. The number of rotatable bonds is 4. The summed E-state index contributed by atoms with van der Waals surface area (Å²) in [7, 11) is 0. The molecule has 3 rings (SSSR count). The van der Waals surface area contributed by atoms with Gasteiger partial charge in [-0.25, -0.2) is 4.79 Å². The van der Waals surface area contributed by atoms with E-state index in [1.54, 1.807) is 13.8 Å². The smallest absolute Gasteiger partial charge is 0.367 e. The molecule has 0 saturated heterocycles. The van der Waals surface area contributed by atoms with Crippen LogP contribution >= 0.6 is 11.8 Å². The van der Waals surface area contributed by atoms with Crippen LogP contribution in [-0.2, 0) is 15.3 Å². The molecule has 1 atom stereocenters. The lowest BCUT2D eigenvalue weighted by Gasteiger charge is -2.19. The highest BCUT2D eigenvalue weighted by Crippen LogP contribution is 2.27. The van der Waals surface area contributed by atoms with Crippen LogP contribution in [0.1, 0.15) is 19.4 Å². The van der Waals surface area contributed by atoms with Crippen molar-refractivity contribution in [2.45, 2.75) is 19.6 Å². The van der Waals surface area contributed by atoms with Crippen molar-refractivity contribution in [3.05, 3.63) is 48.0 Å². The predicted molar refractivity (Wildman–Crippen MR) is 101 cm³/mol. The zero-order valence-corrected chi connectivity index (χ0v) is 14.9. The van der Waals surface area contributed by atoms with Crippen LogP contribution in [0.15, 0.2) is 52.4 Å². The number of benzene rings is 2. The van der Waals surface area contributed by atoms with Gasteiger partial charge in [0.25, 0.3) is 0 Å². The molecule has 0 aromatic heterocycles. The van der Waals surface area contributed by atoms with Gasteiger partial charge in [-0.15, -0.1) is 11.8 Å². The number of ether oxygens (including phenoxy) is 1. The molecule has 0 radical (unpaired) electrons. The summed E-state index contributed by atoms with van der Waals surface area (Å²) in [5.41, 5.74) is 1.56. The van der Waals surface area contributed by atoms with E-state index in [1.165, 1.54) is 11.8 Å². The Morgan fingerprint density at radius 1 is 1.16 bits per heavy atom. The van der Waals surface area contributed by atoms with Gasteiger partial charge in [0, 0.05) is 11.5 Å². The molecule has 128 valence electrons. The standard InChI is InChI=1S/C19H18N2O3S/c1-3-24-18(22)16-12(2)20-19(23)21-17(16)25-11-14-9-6-8-13-7-4-5-10-15(13)14/h4-10,16H,3,11H2,1-2H3. The number of fused-ring (bicyclic) bond motifs is 1. The lowest BCUT2D eigenvalue weighted by molar-refractivity contribution is -0.143. The van der Waals surface area contributed by atoms with E-state index < -0.39 is 17.9 Å². The highest BCUT2D eigenvalue weighted by Gasteiger charge is 2.33. The largest absolute Gasteiger partial charge is 0.465 e. The SMILES string of the molecule is CCOC(=O)C1C(C)=NC(=O)N=C1SCc1cccc2ccccc12. The van der Waals surface area contributed by atoms with Crippen LogP contribution < -0.4 is 0 Å². The van der Waals surface area contributed by atoms with E-state index in [4.69, 9.17) is 4.74 Å². The van der Waals surface area contributed by atoms with Gasteiger partial charge in [-0.2, -0.15) is 9.98 Å². The van der Waals surface area contributed by atoms with Crippen LogP contribution in [0.2, 0.25) is 0 Å². The number of urea groups is 1. The summed E-state index contributed by atoms with van der Waals surface area (Å²) in [5.74, 6) is -0.505. The van der Waals surface area contributed by atoms with E-state index in [-0.39, 0.29) is 6.61 Å². The van der Waals surface area contributed by atoms with Crippen molar-refractivity contribution >= 4 is 45.3 Å². The van der Waals surface area contributed by atoms with E-state index in [2.05, 4.69) is 28.2 Å². The van der Waals surface area contributed by atoms with Crippen molar-refractivity contribution < 1.29 is 14.3 Å². The lowest BCUT2D eigenvalue weighted by Crippen LogP contribution is -2.34. The average Bonchev–Trinajstić information content (AvgIpc) is 2.59. The second-order valence-electron chi connectivity index (χ2n) is 5.60. The zero-order chi connectivity index (χ0) is 17.8. The molecule has 2 aromatic rings. The highest BCUT2D eigenvalue weighted by atomic mass is 32.2. The summed E-state index contributed by atoms with van der Waals surface area (Å²) in [4.78, 5) is 31.7. The van der Waals surface area contributed by atoms with Crippen molar-refractivity contribution in [2.75, 3.05) is 6.61 Å². The number of amides is 2. The summed E-state index contributed by atoms with van der Waals surface area (Å²) in [6, 6.07) is 13.7. The Kier molecular flexibility index (Phi) is 5.28. The summed E-state index contributed by atoms with van der Waals surface area (Å²) < 4.78 is 5.11. The molecule has 0 fully saturated rings. The molecule has 0 N–H and O–H groups in total. The van der Waals surface area contributed by atoms with Gasteiger partial charge in [0.2, 0.25) is 0 Å². The lowest BCUT2D eigenvalue weighted by atomic mass is 10.1. The van der Waals surface area contributed by atoms with Crippen LogP contribution in [0.4, 0.5) is 4.79 Å². The van der Waals surface area contributed by atoms with Crippen LogP contribution in [0, 0.1) is 5.92 Å². The Morgan fingerprint density at radius 2 is 1.92 bits per heavy atom. The predicted octanol–water partition coefficient (Wildman–Crippen LogP) is 4.25. The van der Waals surface area contributed by atoms with Crippen molar-refractivity contribution in [3.63, 3.8) is 0 Å². The molecule has 2 aromatic carbocycles. The average molecular weight is 354 g/mol. The normalized spacial score (nSPS) is 17.2. The number of esters is 1. The molecule has 0 spiro atoms. The third-order valence-electron chi connectivity index (χ3n) is 3.92. The first-order valence-corrected chi connectivity index (χ1v) is 9.02. The monoisotopic (exact) mass is 354 g/mol. The number of carbonyl (C=O) groups excluding carboxylic acids is 2. The molecule has 2 amide bonds. The number of hydrogen-bond donors (Lipinski definition) is 0. The first-order chi connectivity index (χ1) is 12.1. The van der Waals surface area contributed by atoms with Gasteiger partial charge >= 0.3 is 12.0 Å².